The lowest BCUT2D eigenvalue weighted by molar-refractivity contribution is 0.0320. The summed E-state index contributed by atoms with van der Waals surface area (Å²) in [6.45, 7) is 7.20. The number of aryl methyl sites for hydroxylation is 1. The van der Waals surface area contributed by atoms with Gasteiger partial charge in [-0.3, -0.25) is 4.90 Å². The molecule has 4 rings (SSSR count). The highest BCUT2D eigenvalue weighted by atomic mass is 16.5. The second kappa shape index (κ2) is 7.25. The Hall–Kier alpha value is -2.37. The Morgan fingerprint density at radius 2 is 1.88 bits per heavy atom. The Morgan fingerprint density at radius 1 is 1.08 bits per heavy atom. The van der Waals surface area contributed by atoms with E-state index in [0.29, 0.717) is 12.5 Å². The van der Waals surface area contributed by atoms with Gasteiger partial charge < -0.3 is 9.47 Å². The molecule has 0 radical (unpaired) electrons. The van der Waals surface area contributed by atoms with Crippen molar-refractivity contribution in [3.8, 4) is 11.6 Å². The molecule has 0 aliphatic carbocycles. The quantitative estimate of drug-likeness (QED) is 0.717. The summed E-state index contributed by atoms with van der Waals surface area (Å²) in [4.78, 5) is 2.36. The van der Waals surface area contributed by atoms with Crippen molar-refractivity contribution in [3.05, 3.63) is 54.2 Å². The van der Waals surface area contributed by atoms with E-state index in [1.165, 1.54) is 10.8 Å². The van der Waals surface area contributed by atoms with E-state index in [1.807, 2.05) is 10.7 Å². The van der Waals surface area contributed by atoms with Crippen LogP contribution in [0, 0.1) is 6.92 Å². The number of ether oxygens (including phenoxy) is 2. The largest absolute Gasteiger partial charge is 0.475 e. The van der Waals surface area contributed by atoms with Crippen LogP contribution in [0.15, 0.2) is 48.5 Å². The van der Waals surface area contributed by atoms with Gasteiger partial charge in [0.1, 0.15) is 6.61 Å². The molecule has 1 aliphatic heterocycles. The smallest absolute Gasteiger partial charge is 0.233 e. The fraction of sp³-hybridized carbons (Fsp3) is 0.350. The minimum atomic E-state index is 0.645. The van der Waals surface area contributed by atoms with Crippen LogP contribution < -0.4 is 4.74 Å². The maximum absolute atomic E-state index is 5.89. The molecule has 0 unspecified atom stereocenters. The third kappa shape index (κ3) is 3.52. The van der Waals surface area contributed by atoms with Gasteiger partial charge in [-0.2, -0.15) is 0 Å². The number of rotatable bonds is 5. The number of hydrogen-bond donors (Lipinski definition) is 0. The minimum absolute atomic E-state index is 0.645. The van der Waals surface area contributed by atoms with Crippen molar-refractivity contribution in [1.29, 1.82) is 0 Å². The molecule has 5 heteroatoms. The highest BCUT2D eigenvalue weighted by molar-refractivity contribution is 5.90. The summed E-state index contributed by atoms with van der Waals surface area (Å²) in [5, 5.41) is 7.07. The van der Waals surface area contributed by atoms with Crippen LogP contribution in [0.4, 0.5) is 0 Å². The molecule has 130 valence electrons. The summed E-state index contributed by atoms with van der Waals surface area (Å²) >= 11 is 0. The third-order valence-electron chi connectivity index (χ3n) is 4.62. The van der Waals surface area contributed by atoms with Crippen molar-refractivity contribution >= 4 is 10.8 Å². The first kappa shape index (κ1) is 16.1. The Balaban J connectivity index is 1.50. The van der Waals surface area contributed by atoms with Crippen molar-refractivity contribution in [2.45, 2.75) is 6.92 Å². The van der Waals surface area contributed by atoms with Gasteiger partial charge in [0.15, 0.2) is 0 Å². The van der Waals surface area contributed by atoms with Gasteiger partial charge in [-0.15, -0.1) is 5.10 Å². The third-order valence-corrected chi connectivity index (χ3v) is 4.62. The van der Waals surface area contributed by atoms with Crippen molar-refractivity contribution in [3.63, 3.8) is 0 Å². The fourth-order valence-electron chi connectivity index (χ4n) is 3.26. The van der Waals surface area contributed by atoms with Gasteiger partial charge >= 0.3 is 0 Å². The standard InChI is InChI=1S/C20H23N3O2/c1-16-15-20(25-14-11-22-9-12-24-13-10-22)21-23(16)19-8-4-6-17-5-2-3-7-18(17)19/h2-8,15H,9-14H2,1H3. The van der Waals surface area contributed by atoms with E-state index >= 15 is 0 Å². The Kier molecular flexibility index (Phi) is 4.68. The number of hydrogen-bond acceptors (Lipinski definition) is 4. The first-order chi connectivity index (χ1) is 12.3. The van der Waals surface area contributed by atoms with Crippen LogP contribution in [0.1, 0.15) is 5.69 Å². The number of morpholine rings is 1. The SMILES string of the molecule is Cc1cc(OCCN2CCOCC2)nn1-c1cccc2ccccc12. The summed E-state index contributed by atoms with van der Waals surface area (Å²) in [5.74, 6) is 0.679. The average molecular weight is 337 g/mol. The molecule has 0 amide bonds. The van der Waals surface area contributed by atoms with E-state index < -0.39 is 0 Å². The van der Waals surface area contributed by atoms with Gasteiger partial charge in [0.25, 0.3) is 0 Å². The van der Waals surface area contributed by atoms with Crippen LogP contribution in [-0.2, 0) is 4.74 Å². The van der Waals surface area contributed by atoms with E-state index in [9.17, 15) is 0 Å². The van der Waals surface area contributed by atoms with E-state index in [2.05, 4.69) is 59.4 Å². The van der Waals surface area contributed by atoms with Crippen LogP contribution in [0.25, 0.3) is 16.5 Å². The monoisotopic (exact) mass is 337 g/mol. The molecule has 1 saturated heterocycles. The molecule has 3 aromatic rings. The van der Waals surface area contributed by atoms with Crippen molar-refractivity contribution in [2.24, 2.45) is 0 Å². The number of nitrogens with zero attached hydrogens (tertiary/aromatic N) is 3. The Labute approximate surface area is 147 Å². The predicted molar refractivity (Wildman–Crippen MR) is 98.6 cm³/mol. The lowest BCUT2D eigenvalue weighted by atomic mass is 10.1. The van der Waals surface area contributed by atoms with Crippen molar-refractivity contribution in [2.75, 3.05) is 39.5 Å². The molecule has 0 spiro atoms. The van der Waals surface area contributed by atoms with Gasteiger partial charge in [-0.25, -0.2) is 4.68 Å². The zero-order chi connectivity index (χ0) is 17.1. The Bertz CT molecular complexity index is 848. The molecule has 0 bridgehead atoms. The maximum Gasteiger partial charge on any atom is 0.233 e. The highest BCUT2D eigenvalue weighted by Crippen LogP contribution is 2.24. The van der Waals surface area contributed by atoms with Gasteiger partial charge in [-0.1, -0.05) is 36.4 Å². The molecule has 0 N–H and O–H groups in total. The van der Waals surface area contributed by atoms with E-state index in [4.69, 9.17) is 9.47 Å². The number of fused-ring (bicyclic) bond motifs is 1. The molecule has 2 aromatic carbocycles. The molecule has 1 fully saturated rings. The zero-order valence-corrected chi connectivity index (χ0v) is 14.5. The van der Waals surface area contributed by atoms with Crippen LogP contribution in [0.3, 0.4) is 0 Å². The highest BCUT2D eigenvalue weighted by Gasteiger charge is 2.12. The lowest BCUT2D eigenvalue weighted by Crippen LogP contribution is -2.38. The molecule has 1 aromatic heterocycles. The molecule has 1 aliphatic rings. The molecule has 0 saturated carbocycles. The van der Waals surface area contributed by atoms with E-state index in [0.717, 1.165) is 44.2 Å². The van der Waals surface area contributed by atoms with Crippen molar-refractivity contribution < 1.29 is 9.47 Å². The minimum Gasteiger partial charge on any atom is -0.475 e. The van der Waals surface area contributed by atoms with Gasteiger partial charge in [0, 0.05) is 36.8 Å². The molecule has 0 atom stereocenters. The summed E-state index contributed by atoms with van der Waals surface area (Å²) in [6.07, 6.45) is 0. The van der Waals surface area contributed by atoms with Gasteiger partial charge in [-0.05, 0) is 18.4 Å². The Morgan fingerprint density at radius 3 is 2.76 bits per heavy atom. The topological polar surface area (TPSA) is 39.5 Å². The van der Waals surface area contributed by atoms with E-state index in [-0.39, 0.29) is 0 Å². The second-order valence-electron chi connectivity index (χ2n) is 6.34. The average Bonchev–Trinajstić information content (AvgIpc) is 3.02. The van der Waals surface area contributed by atoms with Gasteiger partial charge in [0.2, 0.25) is 5.88 Å². The molecule has 25 heavy (non-hydrogen) atoms. The summed E-state index contributed by atoms with van der Waals surface area (Å²) in [7, 11) is 0. The number of benzene rings is 2. The van der Waals surface area contributed by atoms with Crippen LogP contribution in [0.5, 0.6) is 5.88 Å². The summed E-state index contributed by atoms with van der Waals surface area (Å²) in [6, 6.07) is 16.7. The first-order valence-corrected chi connectivity index (χ1v) is 8.79. The fourth-order valence-corrected chi connectivity index (χ4v) is 3.26. The zero-order valence-electron chi connectivity index (χ0n) is 14.5. The van der Waals surface area contributed by atoms with Crippen LogP contribution in [0.2, 0.25) is 0 Å². The normalized spacial score (nSPS) is 15.6. The second-order valence-corrected chi connectivity index (χ2v) is 6.34. The summed E-state index contributed by atoms with van der Waals surface area (Å²) < 4.78 is 13.2. The number of aromatic nitrogens is 2. The predicted octanol–water partition coefficient (Wildman–Crippen LogP) is 3.04. The van der Waals surface area contributed by atoms with Crippen molar-refractivity contribution in [1.82, 2.24) is 14.7 Å². The molecular formula is C20H23N3O2. The lowest BCUT2D eigenvalue weighted by Gasteiger charge is -2.26. The molecule has 2 heterocycles. The van der Waals surface area contributed by atoms with Crippen LogP contribution >= 0.6 is 0 Å². The molecule has 5 nitrogen and oxygen atoms in total. The van der Waals surface area contributed by atoms with Gasteiger partial charge in [0.05, 0.1) is 18.9 Å². The first-order valence-electron chi connectivity index (χ1n) is 8.79. The van der Waals surface area contributed by atoms with Crippen LogP contribution in [-0.4, -0.2) is 54.1 Å². The summed E-state index contributed by atoms with van der Waals surface area (Å²) in [5.41, 5.74) is 2.15. The molecular weight excluding hydrogens is 314 g/mol. The van der Waals surface area contributed by atoms with E-state index in [1.54, 1.807) is 0 Å². The maximum atomic E-state index is 5.89.